The van der Waals surface area contributed by atoms with Crippen LogP contribution < -0.4 is 5.32 Å². The Morgan fingerprint density at radius 2 is 2.38 bits per heavy atom. The lowest BCUT2D eigenvalue weighted by atomic mass is 10.3. The lowest BCUT2D eigenvalue weighted by Gasteiger charge is -2.02. The standard InChI is InChI=1S/C9H14N4/c1-6-5-10-9(11-6)8-4-7(2)13(3)12-8/h4,6H,5H2,1-3H3,(H,10,11). The minimum Gasteiger partial charge on any atom is -0.364 e. The first-order chi connectivity index (χ1) is 6.16. The number of nitrogens with zero attached hydrogens (tertiary/aromatic N) is 3. The molecule has 0 aliphatic carbocycles. The third-order valence-corrected chi connectivity index (χ3v) is 2.26. The smallest absolute Gasteiger partial charge is 0.149 e. The first-order valence-corrected chi connectivity index (χ1v) is 4.49. The van der Waals surface area contributed by atoms with E-state index < -0.39 is 0 Å². The highest BCUT2D eigenvalue weighted by Crippen LogP contribution is 2.06. The molecule has 4 heteroatoms. The zero-order valence-corrected chi connectivity index (χ0v) is 8.20. The van der Waals surface area contributed by atoms with E-state index in [0.29, 0.717) is 6.04 Å². The second kappa shape index (κ2) is 2.87. The van der Waals surface area contributed by atoms with Gasteiger partial charge in [0.2, 0.25) is 0 Å². The first kappa shape index (κ1) is 8.29. The summed E-state index contributed by atoms with van der Waals surface area (Å²) in [4.78, 5) is 4.37. The average Bonchev–Trinajstić information content (AvgIpc) is 2.61. The van der Waals surface area contributed by atoms with Crippen molar-refractivity contribution in [2.75, 3.05) is 6.54 Å². The van der Waals surface area contributed by atoms with Crippen LogP contribution in [0.3, 0.4) is 0 Å². The van der Waals surface area contributed by atoms with Gasteiger partial charge in [-0.05, 0) is 19.9 Å². The quantitative estimate of drug-likeness (QED) is 0.679. The molecule has 4 nitrogen and oxygen atoms in total. The maximum atomic E-state index is 4.37. The molecule has 1 unspecified atom stereocenters. The van der Waals surface area contributed by atoms with Gasteiger partial charge in [0.05, 0.1) is 6.54 Å². The van der Waals surface area contributed by atoms with E-state index in [2.05, 4.69) is 22.3 Å². The van der Waals surface area contributed by atoms with E-state index in [9.17, 15) is 0 Å². The molecule has 70 valence electrons. The number of hydrogen-bond donors (Lipinski definition) is 1. The van der Waals surface area contributed by atoms with Gasteiger partial charge < -0.3 is 5.32 Å². The molecule has 0 aromatic carbocycles. The monoisotopic (exact) mass is 178 g/mol. The van der Waals surface area contributed by atoms with Gasteiger partial charge >= 0.3 is 0 Å². The lowest BCUT2D eigenvalue weighted by molar-refractivity contribution is 0.719. The summed E-state index contributed by atoms with van der Waals surface area (Å²) in [5.74, 6) is 0.927. The molecule has 1 aromatic heterocycles. The Bertz CT molecular complexity index is 331. The van der Waals surface area contributed by atoms with Crippen molar-refractivity contribution in [2.24, 2.45) is 12.0 Å². The summed E-state index contributed by atoms with van der Waals surface area (Å²) >= 11 is 0. The highest BCUT2D eigenvalue weighted by atomic mass is 15.3. The maximum Gasteiger partial charge on any atom is 0.149 e. The predicted octanol–water partition coefficient (Wildman–Crippen LogP) is 0.467. The average molecular weight is 178 g/mol. The van der Waals surface area contributed by atoms with E-state index in [0.717, 1.165) is 23.8 Å². The fourth-order valence-electron chi connectivity index (χ4n) is 1.38. The van der Waals surface area contributed by atoms with Gasteiger partial charge in [0.1, 0.15) is 11.5 Å². The summed E-state index contributed by atoms with van der Waals surface area (Å²) in [6.07, 6.45) is 0. The Hall–Kier alpha value is -1.32. The van der Waals surface area contributed by atoms with Crippen molar-refractivity contribution >= 4 is 5.84 Å². The van der Waals surface area contributed by atoms with Crippen LogP contribution in [0, 0.1) is 6.92 Å². The molecule has 2 rings (SSSR count). The number of aromatic nitrogens is 2. The Morgan fingerprint density at radius 1 is 1.62 bits per heavy atom. The molecule has 13 heavy (non-hydrogen) atoms. The van der Waals surface area contributed by atoms with Crippen LogP contribution in [0.25, 0.3) is 0 Å². The Kier molecular flexibility index (Phi) is 1.83. The van der Waals surface area contributed by atoms with Crippen molar-refractivity contribution in [1.29, 1.82) is 0 Å². The van der Waals surface area contributed by atoms with Crippen LogP contribution in [-0.4, -0.2) is 28.2 Å². The van der Waals surface area contributed by atoms with Crippen LogP contribution in [0.1, 0.15) is 18.3 Å². The molecule has 2 heterocycles. The van der Waals surface area contributed by atoms with Gasteiger partial charge in [-0.3, -0.25) is 9.67 Å². The zero-order valence-electron chi connectivity index (χ0n) is 8.20. The number of rotatable bonds is 1. The van der Waals surface area contributed by atoms with E-state index in [1.54, 1.807) is 0 Å². The Labute approximate surface area is 77.7 Å². The third kappa shape index (κ3) is 1.43. The molecule has 0 spiro atoms. The Balaban J connectivity index is 2.27. The molecule has 0 saturated carbocycles. The molecule has 1 aliphatic rings. The molecular weight excluding hydrogens is 164 g/mol. The highest BCUT2D eigenvalue weighted by molar-refractivity contribution is 5.98. The van der Waals surface area contributed by atoms with Crippen LogP contribution in [0.15, 0.2) is 11.1 Å². The summed E-state index contributed by atoms with van der Waals surface area (Å²) in [5.41, 5.74) is 2.10. The number of amidine groups is 1. The number of aryl methyl sites for hydroxylation is 2. The van der Waals surface area contributed by atoms with Crippen LogP contribution in [-0.2, 0) is 7.05 Å². The topological polar surface area (TPSA) is 42.2 Å². The van der Waals surface area contributed by atoms with Gasteiger partial charge in [-0.15, -0.1) is 0 Å². The molecule has 1 atom stereocenters. The van der Waals surface area contributed by atoms with Gasteiger partial charge in [0, 0.05) is 18.8 Å². The SMILES string of the molecule is Cc1cc(C2=NCC(C)N2)nn1C. The van der Waals surface area contributed by atoms with E-state index in [1.807, 2.05) is 24.7 Å². The van der Waals surface area contributed by atoms with E-state index in [-0.39, 0.29) is 0 Å². The summed E-state index contributed by atoms with van der Waals surface area (Å²) in [5, 5.41) is 7.63. The predicted molar refractivity (Wildman–Crippen MR) is 51.9 cm³/mol. The molecule has 0 amide bonds. The van der Waals surface area contributed by atoms with E-state index >= 15 is 0 Å². The van der Waals surface area contributed by atoms with Gasteiger partial charge in [0.25, 0.3) is 0 Å². The number of hydrogen-bond acceptors (Lipinski definition) is 3. The fraction of sp³-hybridized carbons (Fsp3) is 0.556. The van der Waals surface area contributed by atoms with Gasteiger partial charge in [-0.2, -0.15) is 5.10 Å². The molecule has 0 bridgehead atoms. The first-order valence-electron chi connectivity index (χ1n) is 4.49. The van der Waals surface area contributed by atoms with Crippen LogP contribution >= 0.6 is 0 Å². The summed E-state index contributed by atoms with van der Waals surface area (Å²) in [7, 11) is 1.94. The van der Waals surface area contributed by atoms with Gasteiger partial charge in [-0.25, -0.2) is 0 Å². The van der Waals surface area contributed by atoms with Gasteiger partial charge in [0.15, 0.2) is 0 Å². The molecule has 1 N–H and O–H groups in total. The van der Waals surface area contributed by atoms with Crippen molar-refractivity contribution in [1.82, 2.24) is 15.1 Å². The maximum absolute atomic E-state index is 4.37. The summed E-state index contributed by atoms with van der Waals surface area (Å²) in [6, 6.07) is 2.49. The fourth-order valence-corrected chi connectivity index (χ4v) is 1.38. The van der Waals surface area contributed by atoms with E-state index in [4.69, 9.17) is 0 Å². The normalized spacial score (nSPS) is 21.5. The number of nitrogens with one attached hydrogen (secondary N) is 1. The number of aliphatic imine (C=N–C) groups is 1. The second-order valence-electron chi connectivity index (χ2n) is 3.53. The van der Waals surface area contributed by atoms with E-state index in [1.165, 1.54) is 0 Å². The molecule has 0 saturated heterocycles. The van der Waals surface area contributed by atoms with Crippen LogP contribution in [0.5, 0.6) is 0 Å². The summed E-state index contributed by atoms with van der Waals surface area (Å²) in [6.45, 7) is 5.01. The van der Waals surface area contributed by atoms with Crippen molar-refractivity contribution in [3.05, 3.63) is 17.5 Å². The molecular formula is C9H14N4. The molecule has 1 aliphatic heterocycles. The minimum absolute atomic E-state index is 0.442. The van der Waals surface area contributed by atoms with Crippen LogP contribution in [0.4, 0.5) is 0 Å². The largest absolute Gasteiger partial charge is 0.364 e. The van der Waals surface area contributed by atoms with Crippen molar-refractivity contribution in [3.63, 3.8) is 0 Å². The molecule has 0 fully saturated rings. The third-order valence-electron chi connectivity index (χ3n) is 2.26. The van der Waals surface area contributed by atoms with Crippen molar-refractivity contribution < 1.29 is 0 Å². The second-order valence-corrected chi connectivity index (χ2v) is 3.53. The molecule has 0 radical (unpaired) electrons. The molecule has 1 aromatic rings. The van der Waals surface area contributed by atoms with Crippen LogP contribution in [0.2, 0.25) is 0 Å². The van der Waals surface area contributed by atoms with Crippen molar-refractivity contribution in [3.8, 4) is 0 Å². The zero-order chi connectivity index (χ0) is 9.42. The van der Waals surface area contributed by atoms with Crippen molar-refractivity contribution in [2.45, 2.75) is 19.9 Å². The minimum atomic E-state index is 0.442. The lowest BCUT2D eigenvalue weighted by Crippen LogP contribution is -2.28. The Morgan fingerprint density at radius 3 is 2.85 bits per heavy atom. The highest BCUT2D eigenvalue weighted by Gasteiger charge is 2.16. The summed E-state index contributed by atoms with van der Waals surface area (Å²) < 4.78 is 1.86. The van der Waals surface area contributed by atoms with Gasteiger partial charge in [-0.1, -0.05) is 0 Å².